The highest BCUT2D eigenvalue weighted by Gasteiger charge is 2.04. The molecule has 0 unspecified atom stereocenters. The zero-order valence-corrected chi connectivity index (χ0v) is 6.15. The molecule has 56 valence electrons. The molecule has 0 atom stereocenters. The van der Waals surface area contributed by atoms with Gasteiger partial charge in [-0.25, -0.2) is 0 Å². The van der Waals surface area contributed by atoms with E-state index in [0.717, 1.165) is 4.20 Å². The molecular weight excluding hydrogens is 166 g/mol. The Bertz CT molecular complexity index is 398. The molecule has 2 aromatic rings. The molecule has 1 aromatic carbocycles. The van der Waals surface area contributed by atoms with E-state index in [1.807, 2.05) is 0 Å². The predicted molar refractivity (Wildman–Crippen MR) is 40.4 cm³/mol. The van der Waals surface area contributed by atoms with Gasteiger partial charge in [0.25, 0.3) is 0 Å². The summed E-state index contributed by atoms with van der Waals surface area (Å²) in [5.74, 6) is 0.0920. The number of aromatic nitrogens is 3. The number of fused-ring (bicyclic) bond motifs is 1. The second kappa shape index (κ2) is 2.10. The molecule has 5 heteroatoms. The van der Waals surface area contributed by atoms with Crippen LogP contribution >= 0.6 is 11.8 Å². The van der Waals surface area contributed by atoms with Gasteiger partial charge in [-0.1, -0.05) is 6.07 Å². The quantitative estimate of drug-likeness (QED) is 0.644. The van der Waals surface area contributed by atoms with E-state index in [0.29, 0.717) is 11.0 Å². The summed E-state index contributed by atoms with van der Waals surface area (Å²) in [6.07, 6.45) is 0. The molecule has 0 saturated carbocycles. The van der Waals surface area contributed by atoms with Crippen molar-refractivity contribution in [3.63, 3.8) is 0 Å². The molecule has 4 nitrogen and oxygen atoms in total. The molecule has 0 aliphatic heterocycles. The van der Waals surface area contributed by atoms with Crippen molar-refractivity contribution in [3.8, 4) is 5.75 Å². The zero-order chi connectivity index (χ0) is 7.84. The van der Waals surface area contributed by atoms with Gasteiger partial charge in [-0.2, -0.15) is 4.20 Å². The number of rotatable bonds is 0. The van der Waals surface area contributed by atoms with Gasteiger partial charge >= 0.3 is 0 Å². The Kier molecular flexibility index (Phi) is 1.22. The Morgan fingerprint density at radius 1 is 1.45 bits per heavy atom. The van der Waals surface area contributed by atoms with E-state index in [1.165, 1.54) is 6.07 Å². The van der Waals surface area contributed by atoms with Crippen molar-refractivity contribution in [1.82, 2.24) is 14.5 Å². The number of hydrogen-bond acceptors (Lipinski definition) is 3. The van der Waals surface area contributed by atoms with E-state index in [1.54, 1.807) is 12.1 Å². The molecule has 0 amide bonds. The number of phenolic OH excluding ortho intramolecular Hbond substituents is 1. The Labute approximate surface area is 67.1 Å². The molecule has 0 spiro atoms. The summed E-state index contributed by atoms with van der Waals surface area (Å²) >= 11 is 5.58. The molecule has 0 aliphatic rings. The molecule has 0 aliphatic carbocycles. The van der Waals surface area contributed by atoms with Crippen LogP contribution in [0.3, 0.4) is 0 Å². The van der Waals surface area contributed by atoms with E-state index >= 15 is 0 Å². The van der Waals surface area contributed by atoms with Crippen molar-refractivity contribution < 1.29 is 5.11 Å². The van der Waals surface area contributed by atoms with Crippen molar-refractivity contribution in [3.05, 3.63) is 18.2 Å². The molecule has 2 rings (SSSR count). The summed E-state index contributed by atoms with van der Waals surface area (Å²) in [6.45, 7) is 0. The van der Waals surface area contributed by atoms with Crippen LogP contribution in [0.25, 0.3) is 11.0 Å². The van der Waals surface area contributed by atoms with Crippen LogP contribution in [-0.2, 0) is 0 Å². The van der Waals surface area contributed by atoms with Crippen LogP contribution in [0.5, 0.6) is 5.75 Å². The zero-order valence-electron chi connectivity index (χ0n) is 5.40. The summed E-state index contributed by atoms with van der Waals surface area (Å²) < 4.78 is 1.09. The molecule has 11 heavy (non-hydrogen) atoms. The number of hydrogen-bond donors (Lipinski definition) is 1. The standard InChI is InChI=1S/C6H4ClN3O/c7-10-4-2-1-3-5(11)6(4)8-9-10/h1-3,11H. The van der Waals surface area contributed by atoms with E-state index < -0.39 is 0 Å². The minimum atomic E-state index is 0.0920. The first kappa shape index (κ1) is 6.42. The Morgan fingerprint density at radius 3 is 3.00 bits per heavy atom. The SMILES string of the molecule is Oc1cccc2c1nnn2Cl. The first-order chi connectivity index (χ1) is 5.29. The average Bonchev–Trinajstić information content (AvgIpc) is 2.35. The third-order valence-electron chi connectivity index (χ3n) is 1.42. The highest BCUT2D eigenvalue weighted by molar-refractivity contribution is 6.18. The largest absolute Gasteiger partial charge is 0.506 e. The monoisotopic (exact) mass is 169 g/mol. The lowest BCUT2D eigenvalue weighted by Gasteiger charge is -1.90. The maximum absolute atomic E-state index is 9.21. The van der Waals surface area contributed by atoms with Gasteiger partial charge in [-0.3, -0.25) is 0 Å². The summed E-state index contributed by atoms with van der Waals surface area (Å²) in [5, 5.41) is 16.4. The second-order valence-corrected chi connectivity index (χ2v) is 2.41. The molecule has 1 heterocycles. The molecule has 0 bridgehead atoms. The van der Waals surface area contributed by atoms with Crippen molar-refractivity contribution in [2.75, 3.05) is 0 Å². The fourth-order valence-electron chi connectivity index (χ4n) is 0.903. The predicted octanol–water partition coefficient (Wildman–Crippen LogP) is 1.14. The van der Waals surface area contributed by atoms with Gasteiger partial charge in [-0.05, 0) is 17.3 Å². The fourth-order valence-corrected chi connectivity index (χ4v) is 1.07. The van der Waals surface area contributed by atoms with Crippen LogP contribution in [0.4, 0.5) is 0 Å². The van der Waals surface area contributed by atoms with Gasteiger partial charge < -0.3 is 5.11 Å². The Hall–Kier alpha value is -1.29. The van der Waals surface area contributed by atoms with Crippen LogP contribution in [0, 0.1) is 0 Å². The van der Waals surface area contributed by atoms with Crippen LogP contribution in [-0.4, -0.2) is 19.6 Å². The Morgan fingerprint density at radius 2 is 2.27 bits per heavy atom. The molecule has 0 radical (unpaired) electrons. The van der Waals surface area contributed by atoms with Gasteiger partial charge in [0, 0.05) is 11.8 Å². The van der Waals surface area contributed by atoms with Gasteiger partial charge in [-0.15, -0.1) is 5.10 Å². The number of aromatic hydroxyl groups is 1. The number of benzene rings is 1. The van der Waals surface area contributed by atoms with Gasteiger partial charge in [0.2, 0.25) is 0 Å². The number of phenols is 1. The summed E-state index contributed by atoms with van der Waals surface area (Å²) in [6, 6.07) is 4.94. The second-order valence-electron chi connectivity index (χ2n) is 2.09. The highest BCUT2D eigenvalue weighted by atomic mass is 35.5. The normalized spacial score (nSPS) is 10.6. The first-order valence-corrected chi connectivity index (χ1v) is 3.32. The smallest absolute Gasteiger partial charge is 0.156 e. The van der Waals surface area contributed by atoms with E-state index in [2.05, 4.69) is 10.3 Å². The molecular formula is C6H4ClN3O. The Balaban J connectivity index is 2.94. The van der Waals surface area contributed by atoms with Gasteiger partial charge in [0.1, 0.15) is 11.3 Å². The number of nitrogens with zero attached hydrogens (tertiary/aromatic N) is 3. The van der Waals surface area contributed by atoms with Crippen LogP contribution in [0.1, 0.15) is 0 Å². The van der Waals surface area contributed by atoms with E-state index in [4.69, 9.17) is 11.8 Å². The topological polar surface area (TPSA) is 50.9 Å². The maximum Gasteiger partial charge on any atom is 0.156 e. The minimum Gasteiger partial charge on any atom is -0.506 e. The van der Waals surface area contributed by atoms with Gasteiger partial charge in [0.15, 0.2) is 5.52 Å². The molecule has 0 saturated heterocycles. The minimum absolute atomic E-state index is 0.0920. The van der Waals surface area contributed by atoms with E-state index in [9.17, 15) is 5.11 Å². The summed E-state index contributed by atoms with van der Waals surface area (Å²) in [7, 11) is 0. The summed E-state index contributed by atoms with van der Waals surface area (Å²) in [5.41, 5.74) is 1.02. The lowest BCUT2D eigenvalue weighted by molar-refractivity contribution is 0.480. The first-order valence-electron chi connectivity index (χ1n) is 2.98. The van der Waals surface area contributed by atoms with Crippen LogP contribution in [0.15, 0.2) is 18.2 Å². The lowest BCUT2D eigenvalue weighted by Crippen LogP contribution is -1.79. The number of halogens is 1. The van der Waals surface area contributed by atoms with Crippen molar-refractivity contribution in [2.24, 2.45) is 0 Å². The van der Waals surface area contributed by atoms with Crippen LogP contribution in [0.2, 0.25) is 0 Å². The van der Waals surface area contributed by atoms with Gasteiger partial charge in [0.05, 0.1) is 0 Å². The maximum atomic E-state index is 9.21. The van der Waals surface area contributed by atoms with E-state index in [-0.39, 0.29) is 5.75 Å². The molecule has 1 aromatic heterocycles. The van der Waals surface area contributed by atoms with Crippen molar-refractivity contribution >= 4 is 22.8 Å². The van der Waals surface area contributed by atoms with Crippen molar-refractivity contribution in [2.45, 2.75) is 0 Å². The molecule has 1 N–H and O–H groups in total. The van der Waals surface area contributed by atoms with Crippen molar-refractivity contribution in [1.29, 1.82) is 0 Å². The average molecular weight is 170 g/mol. The lowest BCUT2D eigenvalue weighted by atomic mass is 10.3. The fraction of sp³-hybridized carbons (Fsp3) is 0. The summed E-state index contributed by atoms with van der Waals surface area (Å²) in [4.78, 5) is 0. The van der Waals surface area contributed by atoms with Crippen LogP contribution < -0.4 is 0 Å². The molecule has 0 fully saturated rings. The third kappa shape index (κ3) is 0.832. The third-order valence-corrected chi connectivity index (χ3v) is 1.67. The highest BCUT2D eigenvalue weighted by Crippen LogP contribution is 2.21.